The summed E-state index contributed by atoms with van der Waals surface area (Å²) in [6.07, 6.45) is -0.353. The minimum atomic E-state index is -4.62. The van der Waals surface area contributed by atoms with Crippen LogP contribution in [0.5, 0.6) is 0 Å². The summed E-state index contributed by atoms with van der Waals surface area (Å²) < 4.78 is 113. The lowest BCUT2D eigenvalue weighted by Crippen LogP contribution is -2.54. The quantitative estimate of drug-likeness (QED) is 0.173. The Morgan fingerprint density at radius 2 is 1.12 bits per heavy atom. The summed E-state index contributed by atoms with van der Waals surface area (Å²) in [6.45, 7) is 4.09. The average Bonchev–Trinajstić information content (AvgIpc) is 3.80. The lowest BCUT2D eigenvalue weighted by molar-refractivity contribution is -0.279. The van der Waals surface area contributed by atoms with Gasteiger partial charge in [-0.25, -0.2) is 18.1 Å². The fraction of sp³-hybridized carbons (Fsp3) is 0.480. The maximum absolute atomic E-state index is 13.7. The summed E-state index contributed by atoms with van der Waals surface area (Å²) in [5.74, 6) is -1.11. The Kier molecular flexibility index (Phi) is 11.6. The van der Waals surface area contributed by atoms with Crippen molar-refractivity contribution in [1.82, 2.24) is 19.6 Å². The zero-order chi connectivity index (χ0) is 46.3. The molecule has 6 nitrogen and oxygen atoms in total. The van der Waals surface area contributed by atoms with E-state index in [1.807, 2.05) is 13.8 Å². The van der Waals surface area contributed by atoms with Crippen molar-refractivity contribution >= 4 is 37.7 Å². The van der Waals surface area contributed by atoms with Crippen molar-refractivity contribution < 1.29 is 45.3 Å². The molecule has 10 rings (SSSR count). The zero-order valence-corrected chi connectivity index (χ0v) is 37.7. The Bertz CT molecular complexity index is 2730. The van der Waals surface area contributed by atoms with E-state index in [1.54, 1.807) is 46.0 Å². The topological polar surface area (TPSA) is 76.1 Å². The van der Waals surface area contributed by atoms with Gasteiger partial charge in [0, 0.05) is 15.2 Å². The smallest absolute Gasteiger partial charge is 0.380 e. The molecular weight excluding hydrogens is 920 g/mol. The minimum Gasteiger partial charge on any atom is -0.380 e. The molecule has 2 fully saturated rings. The van der Waals surface area contributed by atoms with Crippen molar-refractivity contribution in [3.05, 3.63) is 117 Å². The van der Waals surface area contributed by atoms with Gasteiger partial charge in [-0.05, 0) is 217 Å². The van der Waals surface area contributed by atoms with Gasteiger partial charge in [0.05, 0.1) is 34.8 Å². The molecule has 2 heterocycles. The van der Waals surface area contributed by atoms with Crippen LogP contribution in [0.15, 0.2) is 83.6 Å². The van der Waals surface area contributed by atoms with Crippen LogP contribution in [0.25, 0.3) is 33.2 Å². The van der Waals surface area contributed by atoms with Gasteiger partial charge in [-0.1, -0.05) is 13.8 Å². The van der Waals surface area contributed by atoms with Crippen LogP contribution in [0, 0.1) is 23.5 Å². The van der Waals surface area contributed by atoms with Crippen molar-refractivity contribution in [2.45, 2.75) is 138 Å². The van der Waals surface area contributed by atoms with Gasteiger partial charge in [0.25, 0.3) is 0 Å². The van der Waals surface area contributed by atoms with Crippen LogP contribution >= 0.6 is 15.9 Å². The molecule has 65 heavy (non-hydrogen) atoms. The molecule has 2 aromatic heterocycles. The molecule has 0 spiro atoms. The molecule has 6 atom stereocenters. The third kappa shape index (κ3) is 7.59. The van der Waals surface area contributed by atoms with E-state index in [2.05, 4.69) is 44.3 Å². The molecule has 2 saturated carbocycles. The van der Waals surface area contributed by atoms with E-state index in [4.69, 9.17) is 0 Å². The number of nitrogens with zero attached hydrogens (tertiary/aromatic N) is 4. The number of fused-ring (bicyclic) bond motifs is 8. The van der Waals surface area contributed by atoms with Crippen LogP contribution in [0.4, 0.5) is 35.1 Å². The first-order chi connectivity index (χ1) is 30.8. The monoisotopic (exact) mass is 970 g/mol. The second kappa shape index (κ2) is 16.5. The average molecular weight is 972 g/mol. The molecule has 0 aliphatic heterocycles. The maximum atomic E-state index is 13.7. The third-order valence-electron chi connectivity index (χ3n) is 15.9. The standard InChI is InChI=1S/C25H25BrF4N2O.C25H26F4N2O/c1-2-23-10-11-24(33,25(28,29)30)13-16(23)4-3-5-19-20(23)12-15-14-31-32(22(15)21(19)26)18-8-6-17(27)7-9-18;1-2-23-10-11-24(32,25(27,28)29)14-18(23)5-3-4-16-13-22-17(12-21(16)23)15-30-31(22)20-8-6-19(26)7-9-20/h6-9,12,14,16,33H,2-5,10-11,13H2,1H3;6-9,12-13,15,18,32H,2-5,10-11,14H2,1H3/t16-,23+,24-;18-,23+,24-/m11/s1. The largest absolute Gasteiger partial charge is 0.417 e. The van der Waals surface area contributed by atoms with Crippen LogP contribution in [-0.4, -0.2) is 53.3 Å². The molecule has 15 heteroatoms. The molecule has 0 radical (unpaired) electrons. The van der Waals surface area contributed by atoms with Crippen molar-refractivity contribution in [3.8, 4) is 11.4 Å². The van der Waals surface area contributed by atoms with E-state index in [0.717, 1.165) is 92.0 Å². The van der Waals surface area contributed by atoms with E-state index >= 15 is 0 Å². The first kappa shape index (κ1) is 45.8. The van der Waals surface area contributed by atoms with E-state index in [9.17, 15) is 45.3 Å². The first-order valence-corrected chi connectivity index (χ1v) is 23.4. The number of halogens is 9. The second-order valence-electron chi connectivity index (χ2n) is 19.0. The SMILES string of the molecule is CC[C@]12CC[C@](O)(C(F)(F)F)C[C@H]1CCCc1c2cc2cnn(-c3ccc(F)cc3)c2c1Br.CC[C@]12CC[C@](O)(C(F)(F)F)C[C@H]1CCCc1cc3c(cnn3-c3ccc(F)cc3)cc12. The van der Waals surface area contributed by atoms with Crippen LogP contribution < -0.4 is 0 Å². The van der Waals surface area contributed by atoms with Crippen molar-refractivity contribution in [2.24, 2.45) is 11.8 Å². The van der Waals surface area contributed by atoms with Gasteiger partial charge < -0.3 is 10.2 Å². The predicted octanol–water partition coefficient (Wildman–Crippen LogP) is 13.2. The second-order valence-corrected chi connectivity index (χ2v) is 19.7. The van der Waals surface area contributed by atoms with E-state index < -0.39 is 29.0 Å². The number of benzene rings is 4. The summed E-state index contributed by atoms with van der Waals surface area (Å²) in [6, 6.07) is 18.5. The summed E-state index contributed by atoms with van der Waals surface area (Å²) in [5, 5.41) is 31.8. The van der Waals surface area contributed by atoms with Crippen LogP contribution in [-0.2, 0) is 23.7 Å². The Morgan fingerprint density at radius 1 is 0.646 bits per heavy atom. The lowest BCUT2D eigenvalue weighted by Gasteiger charge is -2.50. The van der Waals surface area contributed by atoms with Crippen LogP contribution in [0.2, 0.25) is 0 Å². The van der Waals surface area contributed by atoms with Crippen molar-refractivity contribution in [1.29, 1.82) is 0 Å². The zero-order valence-electron chi connectivity index (χ0n) is 36.1. The maximum Gasteiger partial charge on any atom is 0.417 e. The Hall–Kier alpha value is -4.34. The fourth-order valence-corrected chi connectivity index (χ4v) is 13.1. The molecular formula is C50H51BrF8N4O2. The molecule has 6 aromatic rings. The summed E-state index contributed by atoms with van der Waals surface area (Å²) in [7, 11) is 0. The van der Waals surface area contributed by atoms with E-state index in [0.29, 0.717) is 32.1 Å². The van der Waals surface area contributed by atoms with Gasteiger partial charge in [-0.3, -0.25) is 0 Å². The van der Waals surface area contributed by atoms with Crippen molar-refractivity contribution in [2.75, 3.05) is 0 Å². The Balaban J connectivity index is 0.000000164. The van der Waals surface area contributed by atoms with Gasteiger partial charge >= 0.3 is 12.4 Å². The number of hydrogen-bond donors (Lipinski definition) is 2. The number of aryl methyl sites for hydroxylation is 1. The van der Waals surface area contributed by atoms with Crippen LogP contribution in [0.1, 0.15) is 113 Å². The molecule has 4 aromatic carbocycles. The summed E-state index contributed by atoms with van der Waals surface area (Å²) in [5.41, 5.74) is 1.68. The fourth-order valence-electron chi connectivity index (χ4n) is 12.3. The van der Waals surface area contributed by atoms with Gasteiger partial charge in [-0.15, -0.1) is 0 Å². The predicted molar refractivity (Wildman–Crippen MR) is 236 cm³/mol. The number of aromatic nitrogens is 4. The lowest BCUT2D eigenvalue weighted by atomic mass is 9.56. The molecule has 4 aliphatic rings. The molecule has 2 N–H and O–H groups in total. The highest BCUT2D eigenvalue weighted by atomic mass is 79.9. The van der Waals surface area contributed by atoms with Gasteiger partial charge in [-0.2, -0.15) is 36.5 Å². The molecule has 346 valence electrons. The Morgan fingerprint density at radius 3 is 1.66 bits per heavy atom. The van der Waals surface area contributed by atoms with Crippen molar-refractivity contribution in [3.63, 3.8) is 0 Å². The highest BCUT2D eigenvalue weighted by molar-refractivity contribution is 9.10. The van der Waals surface area contributed by atoms with Gasteiger partial charge in [0.2, 0.25) is 0 Å². The Labute approximate surface area is 380 Å². The molecule has 0 bridgehead atoms. The number of hydrogen-bond acceptors (Lipinski definition) is 4. The molecule has 0 unspecified atom stereocenters. The highest BCUT2D eigenvalue weighted by Gasteiger charge is 2.62. The number of alkyl halides is 6. The van der Waals surface area contributed by atoms with Gasteiger partial charge in [0.1, 0.15) is 11.6 Å². The molecule has 0 saturated heterocycles. The van der Waals surface area contributed by atoms with E-state index in [-0.39, 0.29) is 54.6 Å². The highest BCUT2D eigenvalue weighted by Crippen LogP contribution is 2.59. The van der Waals surface area contributed by atoms with Gasteiger partial charge in [0.15, 0.2) is 11.2 Å². The molecule has 4 aliphatic carbocycles. The number of rotatable bonds is 4. The minimum absolute atomic E-state index is 0.223. The van der Waals surface area contributed by atoms with E-state index in [1.165, 1.54) is 24.3 Å². The third-order valence-corrected chi connectivity index (χ3v) is 16.8. The normalized spacial score (nSPS) is 28.0. The van der Waals surface area contributed by atoms with Crippen LogP contribution in [0.3, 0.4) is 0 Å². The number of aliphatic hydroxyl groups is 2. The first-order valence-electron chi connectivity index (χ1n) is 22.6. The summed E-state index contributed by atoms with van der Waals surface area (Å²) >= 11 is 3.80. The summed E-state index contributed by atoms with van der Waals surface area (Å²) in [4.78, 5) is 0. The molecule has 0 amide bonds.